The molecule has 4 aliphatic rings. The topological polar surface area (TPSA) is 108 Å². The van der Waals surface area contributed by atoms with E-state index in [9.17, 15) is 14.9 Å². The largest absolute Gasteiger partial charge is 0.404 e. The van der Waals surface area contributed by atoms with E-state index < -0.39 is 4.92 Å². The molecule has 4 bridgehead atoms. The molecule has 0 spiro atoms. The highest BCUT2D eigenvalue weighted by atomic mass is 79.9. The highest BCUT2D eigenvalue weighted by Gasteiger charge is 2.60. The van der Waals surface area contributed by atoms with E-state index in [1.807, 2.05) is 21.6 Å². The number of carbonyl (C=O) groups excluding carboxylic acids is 1. The molecule has 2 unspecified atom stereocenters. The van der Waals surface area contributed by atoms with Crippen LogP contribution in [0.2, 0.25) is 0 Å². The van der Waals surface area contributed by atoms with Crippen molar-refractivity contribution in [3.05, 3.63) is 39.2 Å². The summed E-state index contributed by atoms with van der Waals surface area (Å²) in [6, 6.07) is 1.90. The Labute approximate surface area is 188 Å². The molecule has 0 aliphatic heterocycles. The molecule has 4 aliphatic carbocycles. The van der Waals surface area contributed by atoms with Crippen molar-refractivity contribution in [2.45, 2.75) is 63.5 Å². The molecule has 2 atom stereocenters. The maximum Gasteiger partial charge on any atom is 0.404 e. The second-order valence-corrected chi connectivity index (χ2v) is 10.7. The van der Waals surface area contributed by atoms with Gasteiger partial charge in [0.2, 0.25) is 5.91 Å². The smallest absolute Gasteiger partial charge is 0.358 e. The number of aryl methyl sites for hydroxylation is 1. The molecule has 166 valence electrons. The molecule has 1 N–H and O–H groups in total. The molecular formula is C21H27BrN6O3. The SMILES string of the molecule is O=C(CC12CC3CC(C1)CC(n1cc(Br)c([N+](=O)[O-])n1)(C3)C2)NCCCn1cccn1. The lowest BCUT2D eigenvalue weighted by Crippen LogP contribution is -2.57. The van der Waals surface area contributed by atoms with Crippen molar-refractivity contribution in [3.8, 4) is 0 Å². The third-order valence-corrected chi connectivity index (χ3v) is 8.00. The van der Waals surface area contributed by atoms with Gasteiger partial charge in [-0.1, -0.05) is 0 Å². The number of carbonyl (C=O) groups is 1. The average molecular weight is 491 g/mol. The predicted molar refractivity (Wildman–Crippen MR) is 116 cm³/mol. The van der Waals surface area contributed by atoms with Gasteiger partial charge >= 0.3 is 5.82 Å². The summed E-state index contributed by atoms with van der Waals surface area (Å²) in [6.45, 7) is 1.43. The fourth-order valence-electron chi connectivity index (χ4n) is 6.89. The highest BCUT2D eigenvalue weighted by Crippen LogP contribution is 2.65. The van der Waals surface area contributed by atoms with Crippen LogP contribution in [0.3, 0.4) is 0 Å². The minimum atomic E-state index is -0.437. The number of hydrogen-bond donors (Lipinski definition) is 1. The first-order valence-corrected chi connectivity index (χ1v) is 11.8. The molecule has 0 radical (unpaired) electrons. The molecule has 1 amide bonds. The number of rotatable bonds is 8. The van der Waals surface area contributed by atoms with Crippen LogP contribution >= 0.6 is 15.9 Å². The molecule has 0 aromatic carbocycles. The first-order chi connectivity index (χ1) is 14.9. The number of amides is 1. The van der Waals surface area contributed by atoms with Gasteiger partial charge in [-0.2, -0.15) is 9.78 Å². The Kier molecular flexibility index (Phi) is 5.15. The van der Waals surface area contributed by atoms with Crippen LogP contribution < -0.4 is 5.32 Å². The maximum atomic E-state index is 12.8. The molecule has 6 rings (SSSR count). The summed E-state index contributed by atoms with van der Waals surface area (Å²) in [5.74, 6) is 1.12. The normalized spacial score (nSPS) is 31.1. The van der Waals surface area contributed by atoms with Crippen molar-refractivity contribution < 1.29 is 9.72 Å². The molecule has 4 saturated carbocycles. The molecule has 2 heterocycles. The summed E-state index contributed by atoms with van der Waals surface area (Å²) in [5, 5.41) is 23.0. The standard InChI is InChI=1S/C21H27BrN6O3/c22-17-13-27(25-19(17)28(30)31)21-10-15-7-16(11-21)9-20(8-15,14-21)12-18(29)23-3-1-5-26-6-2-4-24-26/h2,4,6,13,15-16H,1,3,5,7-12,14H2,(H,23,29). The predicted octanol–water partition coefficient (Wildman–Crippen LogP) is 3.64. The monoisotopic (exact) mass is 490 g/mol. The fraction of sp³-hybridized carbons (Fsp3) is 0.667. The lowest BCUT2D eigenvalue weighted by Gasteiger charge is -2.61. The Hall–Kier alpha value is -2.23. The minimum Gasteiger partial charge on any atom is -0.358 e. The Morgan fingerprint density at radius 2 is 2.10 bits per heavy atom. The lowest BCUT2D eigenvalue weighted by atomic mass is 9.46. The van der Waals surface area contributed by atoms with Gasteiger partial charge in [0.15, 0.2) is 0 Å². The number of nitro groups is 1. The van der Waals surface area contributed by atoms with E-state index >= 15 is 0 Å². The lowest BCUT2D eigenvalue weighted by molar-refractivity contribution is -0.390. The molecule has 2 aromatic rings. The van der Waals surface area contributed by atoms with Gasteiger partial charge in [-0.15, -0.1) is 0 Å². The van der Waals surface area contributed by atoms with Crippen LogP contribution in [0.1, 0.15) is 51.4 Å². The van der Waals surface area contributed by atoms with Crippen molar-refractivity contribution >= 4 is 27.7 Å². The third-order valence-electron chi connectivity index (χ3n) is 7.44. The highest BCUT2D eigenvalue weighted by molar-refractivity contribution is 9.10. The Morgan fingerprint density at radius 1 is 1.32 bits per heavy atom. The summed E-state index contributed by atoms with van der Waals surface area (Å²) in [4.78, 5) is 23.7. The van der Waals surface area contributed by atoms with E-state index in [-0.39, 0.29) is 22.7 Å². The average Bonchev–Trinajstić information content (AvgIpc) is 3.33. The summed E-state index contributed by atoms with van der Waals surface area (Å²) >= 11 is 3.31. The van der Waals surface area contributed by atoms with E-state index in [2.05, 4.69) is 31.4 Å². The summed E-state index contributed by atoms with van der Waals surface area (Å²) in [5.41, 5.74) is -0.232. The Bertz CT molecular complexity index is 973. The van der Waals surface area contributed by atoms with E-state index in [4.69, 9.17) is 0 Å². The van der Waals surface area contributed by atoms with Gasteiger partial charge in [0.25, 0.3) is 0 Å². The van der Waals surface area contributed by atoms with Crippen molar-refractivity contribution in [2.75, 3.05) is 6.54 Å². The second-order valence-electron chi connectivity index (χ2n) is 9.84. The van der Waals surface area contributed by atoms with Crippen LogP contribution in [-0.2, 0) is 16.9 Å². The maximum absolute atomic E-state index is 12.8. The van der Waals surface area contributed by atoms with Gasteiger partial charge in [-0.3, -0.25) is 9.48 Å². The quantitative estimate of drug-likeness (QED) is 0.345. The molecule has 9 nitrogen and oxygen atoms in total. The fourth-order valence-corrected chi connectivity index (χ4v) is 7.31. The van der Waals surface area contributed by atoms with Crippen LogP contribution in [0, 0.1) is 27.4 Å². The van der Waals surface area contributed by atoms with Crippen LogP contribution in [0.25, 0.3) is 0 Å². The number of aromatic nitrogens is 4. The van der Waals surface area contributed by atoms with Gasteiger partial charge in [0.05, 0.1) is 16.8 Å². The van der Waals surface area contributed by atoms with Crippen molar-refractivity contribution in [1.82, 2.24) is 24.9 Å². The number of hydrogen-bond acceptors (Lipinski definition) is 5. The summed E-state index contributed by atoms with van der Waals surface area (Å²) in [6.07, 6.45) is 13.1. The van der Waals surface area contributed by atoms with Crippen molar-refractivity contribution in [1.29, 1.82) is 0 Å². The van der Waals surface area contributed by atoms with Gasteiger partial charge in [0, 0.05) is 31.9 Å². The van der Waals surface area contributed by atoms with E-state index in [0.29, 0.717) is 29.3 Å². The molecule has 0 saturated heterocycles. The first-order valence-electron chi connectivity index (χ1n) is 11.0. The van der Waals surface area contributed by atoms with Gasteiger partial charge in [-0.25, -0.2) is 0 Å². The molecular weight excluding hydrogens is 464 g/mol. The molecule has 31 heavy (non-hydrogen) atoms. The van der Waals surface area contributed by atoms with E-state index in [0.717, 1.165) is 45.1 Å². The van der Waals surface area contributed by atoms with Crippen molar-refractivity contribution in [3.63, 3.8) is 0 Å². The minimum absolute atomic E-state index is 0.0244. The third kappa shape index (κ3) is 3.90. The molecule has 10 heteroatoms. The van der Waals surface area contributed by atoms with Crippen LogP contribution in [0.4, 0.5) is 5.82 Å². The zero-order valence-electron chi connectivity index (χ0n) is 17.4. The Morgan fingerprint density at radius 3 is 2.74 bits per heavy atom. The van der Waals surface area contributed by atoms with Gasteiger partial charge < -0.3 is 15.4 Å². The number of nitrogens with zero attached hydrogens (tertiary/aromatic N) is 5. The second kappa shape index (κ2) is 7.72. The zero-order valence-corrected chi connectivity index (χ0v) is 19.0. The summed E-state index contributed by atoms with van der Waals surface area (Å²) < 4.78 is 4.15. The summed E-state index contributed by atoms with van der Waals surface area (Å²) in [7, 11) is 0. The number of nitrogens with one attached hydrogen (secondary N) is 1. The zero-order chi connectivity index (χ0) is 21.6. The Balaban J connectivity index is 1.27. The van der Waals surface area contributed by atoms with Crippen LogP contribution in [0.15, 0.2) is 29.1 Å². The molecule has 2 aromatic heterocycles. The van der Waals surface area contributed by atoms with Gasteiger partial charge in [0.1, 0.15) is 4.47 Å². The van der Waals surface area contributed by atoms with Crippen LogP contribution in [-0.4, -0.2) is 36.9 Å². The van der Waals surface area contributed by atoms with Crippen molar-refractivity contribution in [2.24, 2.45) is 17.3 Å². The first kappa shape index (κ1) is 20.7. The van der Waals surface area contributed by atoms with Gasteiger partial charge in [-0.05, 0) is 89.1 Å². The van der Waals surface area contributed by atoms with E-state index in [1.165, 1.54) is 6.42 Å². The number of halogens is 1. The molecule has 4 fully saturated rings. The van der Waals surface area contributed by atoms with E-state index in [1.54, 1.807) is 12.4 Å². The van der Waals surface area contributed by atoms with Crippen LogP contribution in [0.5, 0.6) is 0 Å².